The van der Waals surface area contributed by atoms with Crippen LogP contribution in [0.1, 0.15) is 32.3 Å². The van der Waals surface area contributed by atoms with Crippen LogP contribution < -0.4 is 11.1 Å². The molecule has 3 nitrogen and oxygen atoms in total. The molecule has 1 aromatic carbocycles. The predicted molar refractivity (Wildman–Crippen MR) is 70.6 cm³/mol. The van der Waals surface area contributed by atoms with E-state index in [1.54, 1.807) is 0 Å². The van der Waals surface area contributed by atoms with Crippen LogP contribution in [-0.4, -0.2) is 18.0 Å². The number of hydrogen-bond acceptors (Lipinski definition) is 2. The first-order chi connectivity index (χ1) is 8.13. The number of rotatable bonds is 6. The molecule has 3 N–H and O–H groups in total. The minimum Gasteiger partial charge on any atom is -0.352 e. The normalized spacial score (nSPS) is 14.1. The van der Waals surface area contributed by atoms with Crippen molar-refractivity contribution in [1.82, 2.24) is 5.32 Å². The maximum Gasteiger partial charge on any atom is 0.237 e. The number of benzene rings is 1. The summed E-state index contributed by atoms with van der Waals surface area (Å²) >= 11 is 0. The van der Waals surface area contributed by atoms with Gasteiger partial charge in [-0.05, 0) is 31.7 Å². The van der Waals surface area contributed by atoms with Gasteiger partial charge >= 0.3 is 0 Å². The van der Waals surface area contributed by atoms with Gasteiger partial charge in [-0.15, -0.1) is 0 Å². The third kappa shape index (κ3) is 5.00. The molecule has 0 heterocycles. The monoisotopic (exact) mass is 234 g/mol. The summed E-state index contributed by atoms with van der Waals surface area (Å²) in [6.45, 7) is 4.03. The maximum absolute atomic E-state index is 11.7. The topological polar surface area (TPSA) is 55.1 Å². The predicted octanol–water partition coefficient (Wildman–Crippen LogP) is 1.86. The Kier molecular flexibility index (Phi) is 5.70. The molecule has 0 spiro atoms. The highest BCUT2D eigenvalue weighted by molar-refractivity contribution is 5.81. The largest absolute Gasteiger partial charge is 0.352 e. The Labute approximate surface area is 103 Å². The number of carbonyl (C=O) groups excluding carboxylic acids is 1. The SMILES string of the molecule is CCC(C)NC(=O)[C@@H](N)CCc1ccccc1. The van der Waals surface area contributed by atoms with Gasteiger partial charge in [0.15, 0.2) is 0 Å². The lowest BCUT2D eigenvalue weighted by Gasteiger charge is -2.16. The summed E-state index contributed by atoms with van der Waals surface area (Å²) in [5.74, 6) is -0.0460. The summed E-state index contributed by atoms with van der Waals surface area (Å²) < 4.78 is 0. The lowest BCUT2D eigenvalue weighted by atomic mass is 10.1. The number of aryl methyl sites for hydroxylation is 1. The number of carbonyl (C=O) groups is 1. The zero-order valence-corrected chi connectivity index (χ0v) is 10.6. The smallest absolute Gasteiger partial charge is 0.237 e. The molecule has 0 aromatic heterocycles. The lowest BCUT2D eigenvalue weighted by Crippen LogP contribution is -2.44. The molecule has 0 bridgehead atoms. The van der Waals surface area contributed by atoms with E-state index in [-0.39, 0.29) is 11.9 Å². The van der Waals surface area contributed by atoms with E-state index in [2.05, 4.69) is 17.4 Å². The number of nitrogens with one attached hydrogen (secondary N) is 1. The van der Waals surface area contributed by atoms with Crippen LogP contribution in [0, 0.1) is 0 Å². The molecule has 1 rings (SSSR count). The Morgan fingerprint density at radius 2 is 2.00 bits per heavy atom. The van der Waals surface area contributed by atoms with Crippen molar-refractivity contribution in [3.05, 3.63) is 35.9 Å². The number of nitrogens with two attached hydrogens (primary N) is 1. The van der Waals surface area contributed by atoms with Crippen LogP contribution in [-0.2, 0) is 11.2 Å². The Hall–Kier alpha value is -1.35. The zero-order valence-electron chi connectivity index (χ0n) is 10.6. The van der Waals surface area contributed by atoms with Gasteiger partial charge in [0.2, 0.25) is 5.91 Å². The molecular weight excluding hydrogens is 212 g/mol. The first-order valence-corrected chi connectivity index (χ1v) is 6.23. The fourth-order valence-electron chi connectivity index (χ4n) is 1.55. The van der Waals surface area contributed by atoms with Gasteiger partial charge in [-0.2, -0.15) is 0 Å². The molecule has 0 aliphatic rings. The summed E-state index contributed by atoms with van der Waals surface area (Å²) in [5, 5.41) is 2.90. The molecule has 0 fully saturated rings. The van der Waals surface area contributed by atoms with E-state index in [4.69, 9.17) is 5.73 Å². The van der Waals surface area contributed by atoms with Crippen LogP contribution in [0.5, 0.6) is 0 Å². The molecule has 0 aliphatic heterocycles. The minimum atomic E-state index is -0.413. The van der Waals surface area contributed by atoms with Gasteiger partial charge in [0.05, 0.1) is 6.04 Å². The highest BCUT2D eigenvalue weighted by Gasteiger charge is 2.14. The van der Waals surface area contributed by atoms with Crippen LogP contribution in [0.15, 0.2) is 30.3 Å². The summed E-state index contributed by atoms with van der Waals surface area (Å²) in [4.78, 5) is 11.7. The van der Waals surface area contributed by atoms with Crippen molar-refractivity contribution in [3.8, 4) is 0 Å². The fraction of sp³-hybridized carbons (Fsp3) is 0.500. The molecular formula is C14H22N2O. The van der Waals surface area contributed by atoms with E-state index < -0.39 is 6.04 Å². The standard InChI is InChI=1S/C14H22N2O/c1-3-11(2)16-14(17)13(15)10-9-12-7-5-4-6-8-12/h4-8,11,13H,3,9-10,15H2,1-2H3,(H,16,17)/t11?,13-/m0/s1. The molecule has 0 saturated carbocycles. The third-order valence-electron chi connectivity index (χ3n) is 2.92. The van der Waals surface area contributed by atoms with E-state index in [0.717, 1.165) is 12.8 Å². The van der Waals surface area contributed by atoms with Gasteiger partial charge in [-0.1, -0.05) is 37.3 Å². The van der Waals surface area contributed by atoms with Gasteiger partial charge < -0.3 is 11.1 Å². The first kappa shape index (κ1) is 13.7. The summed E-state index contributed by atoms with van der Waals surface area (Å²) in [7, 11) is 0. The number of amides is 1. The third-order valence-corrected chi connectivity index (χ3v) is 2.92. The van der Waals surface area contributed by atoms with Crippen molar-refractivity contribution in [2.75, 3.05) is 0 Å². The Morgan fingerprint density at radius 1 is 1.35 bits per heavy atom. The van der Waals surface area contributed by atoms with Crippen LogP contribution in [0.4, 0.5) is 0 Å². The molecule has 1 amide bonds. The molecule has 17 heavy (non-hydrogen) atoms. The molecule has 0 saturated heterocycles. The zero-order chi connectivity index (χ0) is 12.7. The minimum absolute atomic E-state index is 0.0460. The van der Waals surface area contributed by atoms with Crippen LogP contribution >= 0.6 is 0 Å². The molecule has 1 aromatic rings. The van der Waals surface area contributed by atoms with E-state index in [9.17, 15) is 4.79 Å². The van der Waals surface area contributed by atoms with E-state index >= 15 is 0 Å². The van der Waals surface area contributed by atoms with E-state index in [0.29, 0.717) is 6.42 Å². The highest BCUT2D eigenvalue weighted by Crippen LogP contribution is 2.04. The van der Waals surface area contributed by atoms with Crippen molar-refractivity contribution in [2.45, 2.75) is 45.2 Å². The first-order valence-electron chi connectivity index (χ1n) is 6.23. The van der Waals surface area contributed by atoms with Gasteiger partial charge in [-0.3, -0.25) is 4.79 Å². The van der Waals surface area contributed by atoms with Crippen molar-refractivity contribution in [1.29, 1.82) is 0 Å². The quantitative estimate of drug-likeness (QED) is 0.789. The molecule has 0 aliphatic carbocycles. The Morgan fingerprint density at radius 3 is 2.59 bits per heavy atom. The molecule has 1 unspecified atom stereocenters. The van der Waals surface area contributed by atoms with Gasteiger partial charge in [0, 0.05) is 6.04 Å². The molecule has 94 valence electrons. The fourth-order valence-corrected chi connectivity index (χ4v) is 1.55. The van der Waals surface area contributed by atoms with Gasteiger partial charge in [-0.25, -0.2) is 0 Å². The van der Waals surface area contributed by atoms with Crippen LogP contribution in [0.3, 0.4) is 0 Å². The second-order valence-corrected chi connectivity index (χ2v) is 4.45. The summed E-state index contributed by atoms with van der Waals surface area (Å²) in [5.41, 5.74) is 7.08. The second kappa shape index (κ2) is 7.07. The molecule has 3 heteroatoms. The average molecular weight is 234 g/mol. The van der Waals surface area contributed by atoms with Crippen molar-refractivity contribution in [2.24, 2.45) is 5.73 Å². The van der Waals surface area contributed by atoms with Crippen LogP contribution in [0.2, 0.25) is 0 Å². The van der Waals surface area contributed by atoms with Crippen molar-refractivity contribution in [3.63, 3.8) is 0 Å². The van der Waals surface area contributed by atoms with E-state index in [1.165, 1.54) is 5.56 Å². The van der Waals surface area contributed by atoms with E-state index in [1.807, 2.05) is 32.0 Å². The molecule has 2 atom stereocenters. The van der Waals surface area contributed by atoms with Crippen molar-refractivity contribution < 1.29 is 4.79 Å². The van der Waals surface area contributed by atoms with Crippen molar-refractivity contribution >= 4 is 5.91 Å². The lowest BCUT2D eigenvalue weighted by molar-refractivity contribution is -0.123. The number of hydrogen-bond donors (Lipinski definition) is 2. The molecule has 0 radical (unpaired) electrons. The maximum atomic E-state index is 11.7. The van der Waals surface area contributed by atoms with Crippen LogP contribution in [0.25, 0.3) is 0 Å². The summed E-state index contributed by atoms with van der Waals surface area (Å²) in [6, 6.07) is 9.88. The Bertz CT molecular complexity index is 337. The average Bonchev–Trinajstić information content (AvgIpc) is 2.36. The van der Waals surface area contributed by atoms with Gasteiger partial charge in [0.25, 0.3) is 0 Å². The highest BCUT2D eigenvalue weighted by atomic mass is 16.2. The van der Waals surface area contributed by atoms with Gasteiger partial charge in [0.1, 0.15) is 0 Å². The second-order valence-electron chi connectivity index (χ2n) is 4.45. The summed E-state index contributed by atoms with van der Waals surface area (Å²) in [6.07, 6.45) is 2.46. The Balaban J connectivity index is 2.34.